The van der Waals surface area contributed by atoms with Gasteiger partial charge in [0.25, 0.3) is 0 Å². The van der Waals surface area contributed by atoms with Crippen molar-refractivity contribution in [1.29, 1.82) is 0 Å². The molecule has 6 aromatic heterocycles. The first-order valence-electron chi connectivity index (χ1n) is 46.2. The maximum absolute atomic E-state index is 14.1. The predicted octanol–water partition coefficient (Wildman–Crippen LogP) is 10.5. The number of aromatic nitrogens is 8. The number of pyridine rings is 2. The summed E-state index contributed by atoms with van der Waals surface area (Å²) in [5, 5.41) is 28.9. The van der Waals surface area contributed by atoms with Gasteiger partial charge in [-0.25, -0.2) is 52.1 Å². The Kier molecular flexibility index (Phi) is 28.2. The van der Waals surface area contributed by atoms with E-state index in [9.17, 15) is 51.9 Å². The molecule has 0 saturated carbocycles. The Morgan fingerprint density at radius 2 is 0.796 bits per heavy atom. The molecule has 0 radical (unpaired) electrons. The Morgan fingerprint density at radius 3 is 1.19 bits per heavy atom. The Hall–Kier alpha value is -15.5. The number of anilines is 4. The number of carbonyl (C=O) groups is 9. The third kappa shape index (κ3) is 21.3. The number of amides is 9. The summed E-state index contributed by atoms with van der Waals surface area (Å²) in [4.78, 5) is 142. The SMILES string of the molecule is CCC#Cc1ccc([C@H]2CN(C3CCC(=O)NC3=O)C(=O)O2)cc1.Fc1cccc([C@H]2CCCN2c2ccc3ncc(-c4cccc(N5CCNCC5)n4)n3n2)c1.O=C1CCC(N2CC(c3ccc(C#CCN4CCN(c5cccc(-c6cnc7ccc(N8CCC[C@@H]8c8cccc(F)c8)nn67)n5)CC4)cc3)OC2=O)C(=O)N1.O=C1CCC(N2CC(c3ccc(C#CCO)cc3)OC2=O)C(=O)N1. The number of piperazine rings is 2. The fourth-order valence-corrected chi connectivity index (χ4v) is 18.7. The highest BCUT2D eigenvalue weighted by Crippen LogP contribution is 2.40. The number of halogens is 2. The van der Waals surface area contributed by atoms with Gasteiger partial charge in [-0.1, -0.05) is 115 Å². The molecule has 9 amide bonds. The van der Waals surface area contributed by atoms with Crippen LogP contribution in [-0.2, 0) is 43.0 Å². The topological polar surface area (TPSA) is 362 Å². The third-order valence-corrected chi connectivity index (χ3v) is 25.8. The maximum atomic E-state index is 14.1. The molecule has 33 nitrogen and oxygen atoms in total. The second-order valence-corrected chi connectivity index (χ2v) is 34.5. The predicted molar refractivity (Wildman–Crippen MR) is 501 cm³/mol. The quantitative estimate of drug-likeness (QED) is 0.0362. The number of piperidine rings is 3. The van der Waals surface area contributed by atoms with Gasteiger partial charge in [0, 0.05) is 108 Å². The average Bonchev–Trinajstić information content (AvgIpc) is 1.63. The van der Waals surface area contributed by atoms with Crippen LogP contribution in [-0.4, -0.2) is 234 Å². The number of carbonyl (C=O) groups excluding carboxylic acids is 9. The summed E-state index contributed by atoms with van der Waals surface area (Å²) in [6, 6.07) is 54.4. The molecule has 16 heterocycles. The van der Waals surface area contributed by atoms with Crippen LogP contribution in [0.4, 0.5) is 46.4 Å². The molecule has 8 atom stereocenters. The summed E-state index contributed by atoms with van der Waals surface area (Å²) < 4.78 is 48.0. The summed E-state index contributed by atoms with van der Waals surface area (Å²) in [5.41, 5.74) is 11.8. The van der Waals surface area contributed by atoms with Crippen LogP contribution in [0.1, 0.15) is 152 Å². The molecule has 10 aliphatic rings. The highest BCUT2D eigenvalue weighted by atomic mass is 19.1. The zero-order chi connectivity index (χ0) is 94.6. The average molecular weight is 1850 g/mol. The molecule has 0 bridgehead atoms. The number of benzene rings is 5. The number of ether oxygens (including phenoxy) is 3. The maximum Gasteiger partial charge on any atom is 0.411 e. The molecule has 700 valence electrons. The van der Waals surface area contributed by atoms with Crippen molar-refractivity contribution in [2.24, 2.45) is 0 Å². The van der Waals surface area contributed by atoms with E-state index in [1.165, 1.54) is 26.8 Å². The lowest BCUT2D eigenvalue weighted by atomic mass is 10.0. The van der Waals surface area contributed by atoms with E-state index in [0.29, 0.717) is 32.4 Å². The number of imide groups is 3. The second-order valence-electron chi connectivity index (χ2n) is 34.5. The number of nitrogens with zero attached hydrogens (tertiary/aromatic N) is 16. The van der Waals surface area contributed by atoms with E-state index in [4.69, 9.17) is 39.5 Å². The van der Waals surface area contributed by atoms with Gasteiger partial charge in [0.15, 0.2) is 11.3 Å². The van der Waals surface area contributed by atoms with Crippen LogP contribution in [0.3, 0.4) is 0 Å². The van der Waals surface area contributed by atoms with Gasteiger partial charge in [-0.05, 0) is 182 Å². The Morgan fingerprint density at radius 1 is 0.401 bits per heavy atom. The number of nitrogens with one attached hydrogen (secondary N) is 4. The molecule has 0 aliphatic carbocycles. The lowest BCUT2D eigenvalue weighted by molar-refractivity contribution is -0.138. The summed E-state index contributed by atoms with van der Waals surface area (Å²) in [6.07, 6.45) is 6.99. The van der Waals surface area contributed by atoms with Gasteiger partial charge < -0.3 is 44.2 Å². The standard InChI is InChI=1S/C42H40FN9O4.C25H26FN7.C18H18N2O4.C17H16N2O5/c43-31-7-1-6-30(25-31)33-9-4-20-50(33)39-17-16-37-44-26-35(52(37)47-39)32-8-2-10-38(45-32)49-23-21-48(22-24-49)19-3-5-28-11-13-29(14-12-28)36-27-51(42(55)56-36)34-15-18-40(53)46-41(34)54;26-19-5-1-4-18(16-19)21-7-3-13-32(21)25-10-9-23-28-17-22(33(23)30-25)20-6-2-8-24(29-20)31-14-11-27-12-15-31;1-2-3-4-12-5-7-13(8-6-12)15-11-20(18(23)24-15)14-9-10-16(21)19-17(14)22;20-9-1-2-11-3-5-12(6-4-11)14-10-19(17(23)24-14)13-7-8-15(21)18-16(13)22/h1-2,6-8,10-14,16-17,25-26,33-34,36H,4,9,15,18-24,27H2,(H,46,53,54);1-2,4-6,8-10,16-17,21,27H,3,7,11-15H2;5-8,14-15H,2,9-11H2,1H3,(H,19,21,22);3-6,13-14,20H,7-10H2,(H,18,21,22)/t33-,34?,36?;21-;14?,15-;/m111./s1. The number of rotatable bonds is 15. The Bertz CT molecular complexity index is 6460. The highest BCUT2D eigenvalue weighted by molar-refractivity contribution is 6.03. The zero-order valence-corrected chi connectivity index (χ0v) is 75.2. The van der Waals surface area contributed by atoms with Crippen molar-refractivity contribution in [3.8, 4) is 58.3 Å². The largest absolute Gasteiger partial charge is 0.439 e. The van der Waals surface area contributed by atoms with Crippen molar-refractivity contribution in [1.82, 2.24) is 80.0 Å². The van der Waals surface area contributed by atoms with Crippen LogP contribution < -0.4 is 40.9 Å². The fourth-order valence-electron chi connectivity index (χ4n) is 18.7. The summed E-state index contributed by atoms with van der Waals surface area (Å²) in [5.74, 6) is 18.8. The number of aliphatic hydroxyl groups excluding tert-OH is 1. The van der Waals surface area contributed by atoms with Crippen molar-refractivity contribution in [2.45, 2.75) is 126 Å². The van der Waals surface area contributed by atoms with Crippen molar-refractivity contribution in [3.63, 3.8) is 0 Å². The normalized spacial score (nSPS) is 21.6. The molecule has 10 saturated heterocycles. The molecule has 35 heteroatoms. The van der Waals surface area contributed by atoms with Crippen LogP contribution in [0.25, 0.3) is 34.1 Å². The van der Waals surface area contributed by atoms with E-state index in [1.807, 2.05) is 144 Å². The molecule has 11 aromatic rings. The number of cyclic esters (lactones) is 3. The molecular weight excluding hydrogens is 1750 g/mol. The Balaban J connectivity index is 0.000000131. The van der Waals surface area contributed by atoms with Crippen LogP contribution >= 0.6 is 0 Å². The number of aliphatic hydroxyl groups is 1. The first kappa shape index (κ1) is 92.0. The number of hydrogen-bond acceptors (Lipinski definition) is 25. The first-order valence-corrected chi connectivity index (χ1v) is 46.2. The minimum atomic E-state index is -0.696. The monoisotopic (exact) mass is 1850 g/mol. The minimum absolute atomic E-state index is 0.0646. The highest BCUT2D eigenvalue weighted by Gasteiger charge is 2.46. The van der Waals surface area contributed by atoms with Gasteiger partial charge >= 0.3 is 18.3 Å². The van der Waals surface area contributed by atoms with Crippen LogP contribution in [0.15, 0.2) is 194 Å². The van der Waals surface area contributed by atoms with Gasteiger partial charge in [0.2, 0.25) is 35.4 Å². The van der Waals surface area contributed by atoms with E-state index in [2.05, 4.69) is 97.3 Å². The molecule has 5 aromatic carbocycles. The van der Waals surface area contributed by atoms with E-state index in [-0.39, 0.29) is 80.4 Å². The lowest BCUT2D eigenvalue weighted by Gasteiger charge is -2.34. The molecule has 5 unspecified atom stereocenters. The zero-order valence-electron chi connectivity index (χ0n) is 75.2. The van der Waals surface area contributed by atoms with Crippen molar-refractivity contribution in [3.05, 3.63) is 251 Å². The van der Waals surface area contributed by atoms with Gasteiger partial charge in [-0.15, -0.1) is 10.2 Å². The molecule has 10 aliphatic heterocycles. The first-order chi connectivity index (χ1) is 66.8. The number of fused-ring (bicyclic) bond motifs is 2. The van der Waals surface area contributed by atoms with Gasteiger partial charge in [0.05, 0.1) is 62.0 Å². The van der Waals surface area contributed by atoms with Crippen LogP contribution in [0.2, 0.25) is 0 Å². The second kappa shape index (κ2) is 42.0. The van der Waals surface area contributed by atoms with E-state index in [1.54, 1.807) is 48.5 Å². The molecule has 0 spiro atoms. The summed E-state index contributed by atoms with van der Waals surface area (Å²) in [6.45, 7) is 12.1. The number of imidazole rings is 2. The molecular formula is C102H100F2N20O13. The molecule has 10 fully saturated rings. The van der Waals surface area contributed by atoms with Crippen molar-refractivity contribution in [2.75, 3.05) is 118 Å². The van der Waals surface area contributed by atoms with Gasteiger partial charge in [-0.2, -0.15) is 0 Å². The number of hydrogen-bond donors (Lipinski definition) is 5. The van der Waals surface area contributed by atoms with Gasteiger partial charge in [-0.3, -0.25) is 64.3 Å². The molecule has 5 N–H and O–H groups in total. The van der Waals surface area contributed by atoms with E-state index >= 15 is 0 Å². The van der Waals surface area contributed by atoms with E-state index in [0.717, 1.165) is 199 Å². The van der Waals surface area contributed by atoms with Gasteiger partial charge in [0.1, 0.15) is 89.3 Å². The smallest absolute Gasteiger partial charge is 0.411 e. The summed E-state index contributed by atoms with van der Waals surface area (Å²) in [7, 11) is 0. The fraction of sp³-hybridized carbons (Fsp3) is 0.343. The van der Waals surface area contributed by atoms with Crippen LogP contribution in [0, 0.1) is 47.2 Å². The lowest BCUT2D eigenvalue weighted by Crippen LogP contribution is -2.52. The van der Waals surface area contributed by atoms with E-state index < -0.39 is 72.4 Å². The molecule has 21 rings (SSSR count). The van der Waals surface area contributed by atoms with Crippen molar-refractivity contribution >= 4 is 88.3 Å². The Labute approximate surface area is 788 Å². The summed E-state index contributed by atoms with van der Waals surface area (Å²) >= 11 is 0. The van der Waals surface area contributed by atoms with Crippen LogP contribution in [0.5, 0.6) is 0 Å². The van der Waals surface area contributed by atoms with Crippen molar-refractivity contribution < 1.29 is 71.2 Å². The third-order valence-electron chi connectivity index (χ3n) is 25.8. The molecule has 137 heavy (non-hydrogen) atoms. The minimum Gasteiger partial charge on any atom is -0.439 e.